The molecule has 1 aromatic heterocycles. The number of alkyl halides is 3. The highest BCUT2D eigenvalue weighted by Gasteiger charge is 2.29. The van der Waals surface area contributed by atoms with Gasteiger partial charge in [-0.15, -0.1) is 0 Å². The van der Waals surface area contributed by atoms with Crippen LogP contribution in [0.2, 0.25) is 5.02 Å². The molecule has 2 aromatic rings. The average Bonchev–Trinajstić information content (AvgIpc) is 2.68. The number of piperidine rings is 1. The summed E-state index contributed by atoms with van der Waals surface area (Å²) in [5.41, 5.74) is 0.191. The molecule has 3 rings (SSSR count). The van der Waals surface area contributed by atoms with E-state index >= 15 is 0 Å². The molecule has 1 aliphatic heterocycles. The Morgan fingerprint density at radius 3 is 2.46 bits per heavy atom. The van der Waals surface area contributed by atoms with E-state index in [2.05, 4.69) is 9.72 Å². The Kier molecular flexibility index (Phi) is 6.28. The number of ether oxygens (including phenoxy) is 2. The van der Waals surface area contributed by atoms with Crippen LogP contribution in [0.25, 0.3) is 0 Å². The molecule has 1 amide bonds. The number of halogens is 4. The molecule has 2 heterocycles. The second-order valence-electron chi connectivity index (χ2n) is 6.38. The topological polar surface area (TPSA) is 51.7 Å². The Morgan fingerprint density at radius 2 is 1.82 bits per heavy atom. The number of pyridine rings is 1. The number of nitrogens with zero attached hydrogens (tertiary/aromatic N) is 2. The van der Waals surface area contributed by atoms with Gasteiger partial charge in [0.1, 0.15) is 17.6 Å². The molecule has 0 saturated carbocycles. The fraction of sp³-hybridized carbons (Fsp3) is 0.368. The predicted molar refractivity (Wildman–Crippen MR) is 96.8 cm³/mol. The highest BCUT2D eigenvalue weighted by atomic mass is 35.5. The lowest BCUT2D eigenvalue weighted by atomic mass is 10.1. The Morgan fingerprint density at radius 1 is 1.14 bits per heavy atom. The fourth-order valence-electron chi connectivity index (χ4n) is 2.84. The smallest absolute Gasteiger partial charge is 0.422 e. The Hall–Kier alpha value is -2.48. The van der Waals surface area contributed by atoms with Crippen molar-refractivity contribution in [3.8, 4) is 11.5 Å². The standard InChI is InChI=1S/C19H18ClF3N2O3/c20-14-1-3-15(4-2-14)28-16-5-7-25(8-6-16)18(26)13-9-17(11-24-10-13)27-12-19(21,22)23/h1-4,9-11,16H,5-8,12H2. The summed E-state index contributed by atoms with van der Waals surface area (Å²) in [5.74, 6) is 0.326. The molecule has 5 nitrogen and oxygen atoms in total. The molecule has 0 N–H and O–H groups in total. The van der Waals surface area contributed by atoms with Crippen molar-refractivity contribution in [1.29, 1.82) is 0 Å². The van der Waals surface area contributed by atoms with Crippen molar-refractivity contribution in [2.75, 3.05) is 19.7 Å². The molecule has 1 aliphatic rings. The first-order valence-electron chi connectivity index (χ1n) is 8.66. The molecule has 0 bridgehead atoms. The molecule has 1 aromatic carbocycles. The van der Waals surface area contributed by atoms with Gasteiger partial charge in [-0.2, -0.15) is 13.2 Å². The van der Waals surface area contributed by atoms with E-state index in [0.717, 1.165) is 6.20 Å². The molecule has 1 saturated heterocycles. The minimum atomic E-state index is -4.45. The third-order valence-electron chi connectivity index (χ3n) is 4.21. The van der Waals surface area contributed by atoms with Crippen LogP contribution in [0.3, 0.4) is 0 Å². The van der Waals surface area contributed by atoms with E-state index in [1.807, 2.05) is 0 Å². The number of hydrogen-bond donors (Lipinski definition) is 0. The monoisotopic (exact) mass is 414 g/mol. The first-order chi connectivity index (χ1) is 13.3. The van der Waals surface area contributed by atoms with E-state index in [9.17, 15) is 18.0 Å². The quantitative estimate of drug-likeness (QED) is 0.729. The lowest BCUT2D eigenvalue weighted by Crippen LogP contribution is -2.41. The van der Waals surface area contributed by atoms with Crippen LogP contribution in [-0.2, 0) is 0 Å². The maximum Gasteiger partial charge on any atom is 0.422 e. The van der Waals surface area contributed by atoms with Gasteiger partial charge < -0.3 is 14.4 Å². The van der Waals surface area contributed by atoms with Crippen molar-refractivity contribution in [1.82, 2.24) is 9.88 Å². The van der Waals surface area contributed by atoms with Gasteiger partial charge in [-0.3, -0.25) is 9.78 Å². The highest BCUT2D eigenvalue weighted by Crippen LogP contribution is 2.23. The zero-order chi connectivity index (χ0) is 20.1. The minimum absolute atomic E-state index is 0.0233. The molecule has 0 radical (unpaired) electrons. The fourth-order valence-corrected chi connectivity index (χ4v) is 2.97. The van der Waals surface area contributed by atoms with Gasteiger partial charge in [0.2, 0.25) is 0 Å². The second-order valence-corrected chi connectivity index (χ2v) is 6.81. The summed E-state index contributed by atoms with van der Waals surface area (Å²) in [5, 5.41) is 0.628. The summed E-state index contributed by atoms with van der Waals surface area (Å²) in [6.45, 7) is -0.477. The SMILES string of the molecule is O=C(c1cncc(OCC(F)(F)F)c1)N1CCC(Oc2ccc(Cl)cc2)CC1. The molecule has 0 aliphatic carbocycles. The zero-order valence-corrected chi connectivity index (χ0v) is 15.5. The van der Waals surface area contributed by atoms with Crippen molar-refractivity contribution in [2.45, 2.75) is 25.1 Å². The van der Waals surface area contributed by atoms with Crippen LogP contribution in [0.5, 0.6) is 11.5 Å². The maximum absolute atomic E-state index is 12.6. The summed E-state index contributed by atoms with van der Waals surface area (Å²) in [6.07, 6.45) is -0.720. The van der Waals surface area contributed by atoms with Gasteiger partial charge >= 0.3 is 6.18 Å². The molecule has 28 heavy (non-hydrogen) atoms. The number of amides is 1. The van der Waals surface area contributed by atoms with Gasteiger partial charge in [-0.1, -0.05) is 11.6 Å². The Balaban J connectivity index is 1.54. The average molecular weight is 415 g/mol. The number of benzene rings is 1. The largest absolute Gasteiger partial charge is 0.490 e. The summed E-state index contributed by atoms with van der Waals surface area (Å²) in [7, 11) is 0. The zero-order valence-electron chi connectivity index (χ0n) is 14.8. The number of carbonyl (C=O) groups excluding carboxylic acids is 1. The highest BCUT2D eigenvalue weighted by molar-refractivity contribution is 6.30. The van der Waals surface area contributed by atoms with Crippen molar-refractivity contribution in [3.63, 3.8) is 0 Å². The first kappa shape index (κ1) is 20.3. The van der Waals surface area contributed by atoms with Crippen LogP contribution in [0.1, 0.15) is 23.2 Å². The summed E-state index contributed by atoms with van der Waals surface area (Å²) >= 11 is 5.85. The van der Waals surface area contributed by atoms with Gasteiger partial charge in [0, 0.05) is 37.2 Å². The van der Waals surface area contributed by atoms with Crippen LogP contribution in [0, 0.1) is 0 Å². The molecule has 0 atom stereocenters. The van der Waals surface area contributed by atoms with E-state index in [-0.39, 0.29) is 23.3 Å². The van der Waals surface area contributed by atoms with E-state index in [1.165, 1.54) is 12.3 Å². The van der Waals surface area contributed by atoms with Crippen molar-refractivity contribution in [2.24, 2.45) is 0 Å². The molecule has 150 valence electrons. The molecule has 0 unspecified atom stereocenters. The predicted octanol–water partition coefficient (Wildman–Crippen LogP) is 4.36. The summed E-state index contributed by atoms with van der Waals surface area (Å²) in [6, 6.07) is 8.35. The molecular formula is C19H18ClF3N2O3. The van der Waals surface area contributed by atoms with E-state index in [0.29, 0.717) is 36.7 Å². The van der Waals surface area contributed by atoms with Crippen molar-refractivity contribution >= 4 is 17.5 Å². The minimum Gasteiger partial charge on any atom is -0.490 e. The van der Waals surface area contributed by atoms with Gasteiger partial charge in [0.05, 0.1) is 11.8 Å². The molecule has 0 spiro atoms. The first-order valence-corrected chi connectivity index (χ1v) is 9.04. The van der Waals surface area contributed by atoms with Crippen LogP contribution in [0.4, 0.5) is 13.2 Å². The van der Waals surface area contributed by atoms with E-state index < -0.39 is 12.8 Å². The van der Waals surface area contributed by atoms with Crippen LogP contribution < -0.4 is 9.47 Å². The number of hydrogen-bond acceptors (Lipinski definition) is 4. The van der Waals surface area contributed by atoms with Crippen molar-refractivity contribution in [3.05, 3.63) is 53.3 Å². The van der Waals surface area contributed by atoms with E-state index in [1.54, 1.807) is 29.2 Å². The van der Waals surface area contributed by atoms with Gasteiger partial charge in [-0.05, 0) is 30.3 Å². The van der Waals surface area contributed by atoms with Crippen LogP contribution in [0.15, 0.2) is 42.7 Å². The van der Waals surface area contributed by atoms with Crippen LogP contribution >= 0.6 is 11.6 Å². The van der Waals surface area contributed by atoms with Gasteiger partial charge in [-0.25, -0.2) is 0 Å². The Labute approximate surface area is 165 Å². The molecule has 1 fully saturated rings. The summed E-state index contributed by atoms with van der Waals surface area (Å²) in [4.78, 5) is 18.0. The van der Waals surface area contributed by atoms with Crippen LogP contribution in [-0.4, -0.2) is 47.8 Å². The molecular weight excluding hydrogens is 397 g/mol. The third-order valence-corrected chi connectivity index (χ3v) is 4.46. The Bertz CT molecular complexity index is 807. The van der Waals surface area contributed by atoms with E-state index in [4.69, 9.17) is 16.3 Å². The normalized spacial score (nSPS) is 15.4. The number of rotatable bonds is 5. The van der Waals surface area contributed by atoms with Gasteiger partial charge in [0.15, 0.2) is 6.61 Å². The third kappa shape index (κ3) is 5.76. The van der Waals surface area contributed by atoms with Crippen molar-refractivity contribution < 1.29 is 27.4 Å². The summed E-state index contributed by atoms with van der Waals surface area (Å²) < 4.78 is 47.3. The number of carbonyl (C=O) groups is 1. The lowest BCUT2D eigenvalue weighted by molar-refractivity contribution is -0.153. The lowest BCUT2D eigenvalue weighted by Gasteiger charge is -2.32. The molecule has 9 heteroatoms. The number of likely N-dealkylation sites (tertiary alicyclic amines) is 1. The number of aromatic nitrogens is 1. The van der Waals surface area contributed by atoms with Gasteiger partial charge in [0.25, 0.3) is 5.91 Å². The second kappa shape index (κ2) is 8.68. The maximum atomic E-state index is 12.6.